The number of hydrogen-bond donors (Lipinski definition) is 1. The Morgan fingerprint density at radius 2 is 2.04 bits per heavy atom. The molecule has 144 valence electrons. The number of pyridine rings is 1. The number of likely N-dealkylation sites (tertiary alicyclic amines) is 1. The summed E-state index contributed by atoms with van der Waals surface area (Å²) in [6.07, 6.45) is 9.62. The number of nitrogens with zero attached hydrogens (tertiary/aromatic N) is 4. The maximum Gasteiger partial charge on any atom is 0.243 e. The van der Waals surface area contributed by atoms with E-state index in [9.17, 15) is 4.79 Å². The minimum absolute atomic E-state index is 0. The number of amides is 1. The fourth-order valence-electron chi connectivity index (χ4n) is 3.13. The van der Waals surface area contributed by atoms with E-state index in [2.05, 4.69) is 26.3 Å². The Morgan fingerprint density at radius 1 is 1.31 bits per heavy atom. The summed E-state index contributed by atoms with van der Waals surface area (Å²) >= 11 is 0. The van der Waals surface area contributed by atoms with E-state index in [1.165, 1.54) is 18.4 Å². The molecule has 7 heteroatoms. The molecule has 1 amide bonds. The molecule has 0 unspecified atom stereocenters. The van der Waals surface area contributed by atoms with Crippen molar-refractivity contribution in [3.8, 4) is 0 Å². The molecule has 0 aromatic carbocycles. The van der Waals surface area contributed by atoms with Gasteiger partial charge in [-0.05, 0) is 49.7 Å². The number of likely N-dealkylation sites (N-methyl/N-ethyl adjacent to an activating group) is 1. The van der Waals surface area contributed by atoms with Gasteiger partial charge >= 0.3 is 0 Å². The van der Waals surface area contributed by atoms with Gasteiger partial charge in [0.15, 0.2) is 5.96 Å². The summed E-state index contributed by atoms with van der Waals surface area (Å²) in [6.45, 7) is 2.22. The first-order chi connectivity index (χ1) is 12.1. The third-order valence-corrected chi connectivity index (χ3v) is 4.93. The second kappa shape index (κ2) is 10.1. The molecular weight excluding hydrogens is 441 g/mol. The van der Waals surface area contributed by atoms with Crippen LogP contribution in [0.2, 0.25) is 0 Å². The number of aliphatic imine (C=N–C) groups is 1. The first-order valence-corrected chi connectivity index (χ1v) is 9.27. The van der Waals surface area contributed by atoms with E-state index in [-0.39, 0.29) is 36.4 Å². The van der Waals surface area contributed by atoms with Crippen molar-refractivity contribution in [3.63, 3.8) is 0 Å². The summed E-state index contributed by atoms with van der Waals surface area (Å²) < 4.78 is 0. The molecular formula is C19H30IN5O. The van der Waals surface area contributed by atoms with Gasteiger partial charge in [0.2, 0.25) is 5.91 Å². The maximum atomic E-state index is 11.9. The van der Waals surface area contributed by atoms with Crippen LogP contribution in [0.1, 0.15) is 31.2 Å². The Balaban J connectivity index is 0.00000243. The summed E-state index contributed by atoms with van der Waals surface area (Å²) in [7, 11) is 3.55. The normalized spacial score (nSPS) is 18.2. The highest BCUT2D eigenvalue weighted by Crippen LogP contribution is 2.23. The van der Waals surface area contributed by atoms with Crippen LogP contribution in [-0.4, -0.2) is 66.4 Å². The number of piperidine rings is 1. The topological polar surface area (TPSA) is 60.8 Å². The lowest BCUT2D eigenvalue weighted by molar-refractivity contribution is -0.127. The molecule has 0 bridgehead atoms. The first-order valence-electron chi connectivity index (χ1n) is 9.27. The predicted octanol–water partition coefficient (Wildman–Crippen LogP) is 2.15. The van der Waals surface area contributed by atoms with Crippen molar-refractivity contribution >= 4 is 35.8 Å². The lowest BCUT2D eigenvalue weighted by Gasteiger charge is -2.34. The zero-order valence-electron chi connectivity index (χ0n) is 15.7. The van der Waals surface area contributed by atoms with Gasteiger partial charge in [0.1, 0.15) is 6.54 Å². The zero-order valence-corrected chi connectivity index (χ0v) is 18.1. The Labute approximate surface area is 173 Å². The number of hydrogen-bond acceptors (Lipinski definition) is 3. The van der Waals surface area contributed by atoms with Crippen LogP contribution in [0.3, 0.4) is 0 Å². The number of halogens is 1. The van der Waals surface area contributed by atoms with Crippen LogP contribution in [0.15, 0.2) is 29.5 Å². The molecule has 2 fully saturated rings. The SMILES string of the molecule is CN(C)C(=O)CN=C(NC1CC1)N1CCC(Cc2cccnc2)CC1.I. The Kier molecular flexibility index (Phi) is 8.12. The number of guanidine groups is 1. The first kappa shape index (κ1) is 20.9. The highest BCUT2D eigenvalue weighted by Gasteiger charge is 2.27. The van der Waals surface area contributed by atoms with Crippen molar-refractivity contribution < 1.29 is 4.79 Å². The fourth-order valence-corrected chi connectivity index (χ4v) is 3.13. The van der Waals surface area contributed by atoms with Crippen LogP contribution < -0.4 is 5.32 Å². The third-order valence-electron chi connectivity index (χ3n) is 4.93. The molecule has 6 nitrogen and oxygen atoms in total. The smallest absolute Gasteiger partial charge is 0.243 e. The molecule has 0 spiro atoms. The van der Waals surface area contributed by atoms with E-state index in [0.717, 1.165) is 38.3 Å². The monoisotopic (exact) mass is 471 g/mol. The number of carbonyl (C=O) groups excluding carboxylic acids is 1. The summed E-state index contributed by atoms with van der Waals surface area (Å²) in [6, 6.07) is 4.71. The van der Waals surface area contributed by atoms with E-state index < -0.39 is 0 Å². The molecule has 1 N–H and O–H groups in total. The molecule has 2 heterocycles. The van der Waals surface area contributed by atoms with Crippen molar-refractivity contribution in [1.82, 2.24) is 20.1 Å². The standard InChI is InChI=1S/C19H29N5O.HI/c1-23(2)18(25)14-21-19(22-17-5-6-17)24-10-7-15(8-11-24)12-16-4-3-9-20-13-16;/h3-4,9,13,15,17H,5-8,10-12,14H2,1-2H3,(H,21,22);1H. The number of rotatable bonds is 5. The average Bonchev–Trinajstić information content (AvgIpc) is 3.44. The lowest BCUT2D eigenvalue weighted by atomic mass is 9.91. The van der Waals surface area contributed by atoms with Crippen LogP contribution in [0, 0.1) is 5.92 Å². The molecule has 2 aliphatic rings. The van der Waals surface area contributed by atoms with Crippen LogP contribution in [0.25, 0.3) is 0 Å². The molecule has 0 radical (unpaired) electrons. The van der Waals surface area contributed by atoms with Gasteiger partial charge in [0.25, 0.3) is 0 Å². The highest BCUT2D eigenvalue weighted by atomic mass is 127. The summed E-state index contributed by atoms with van der Waals surface area (Å²) in [4.78, 5) is 24.6. The van der Waals surface area contributed by atoms with Crippen molar-refractivity contribution in [2.75, 3.05) is 33.7 Å². The number of nitrogens with one attached hydrogen (secondary N) is 1. The van der Waals surface area contributed by atoms with E-state index in [4.69, 9.17) is 0 Å². The largest absolute Gasteiger partial charge is 0.353 e. The van der Waals surface area contributed by atoms with Crippen molar-refractivity contribution in [3.05, 3.63) is 30.1 Å². The zero-order chi connectivity index (χ0) is 17.6. The molecule has 1 aromatic rings. The summed E-state index contributed by atoms with van der Waals surface area (Å²) in [5, 5.41) is 3.51. The Morgan fingerprint density at radius 3 is 2.62 bits per heavy atom. The molecule has 1 saturated heterocycles. The third kappa shape index (κ3) is 6.41. The fraction of sp³-hybridized carbons (Fsp3) is 0.632. The predicted molar refractivity (Wildman–Crippen MR) is 115 cm³/mol. The molecule has 0 atom stereocenters. The second-order valence-corrected chi connectivity index (χ2v) is 7.34. The average molecular weight is 471 g/mol. The van der Waals surface area contributed by atoms with Crippen molar-refractivity contribution in [1.29, 1.82) is 0 Å². The second-order valence-electron chi connectivity index (χ2n) is 7.34. The lowest BCUT2D eigenvalue weighted by Crippen LogP contribution is -2.47. The van der Waals surface area contributed by atoms with Gasteiger partial charge in [0.05, 0.1) is 0 Å². The van der Waals surface area contributed by atoms with Gasteiger partial charge in [-0.25, -0.2) is 4.99 Å². The van der Waals surface area contributed by atoms with E-state index >= 15 is 0 Å². The van der Waals surface area contributed by atoms with Gasteiger partial charge in [-0.1, -0.05) is 6.07 Å². The maximum absolute atomic E-state index is 11.9. The number of carbonyl (C=O) groups is 1. The summed E-state index contributed by atoms with van der Waals surface area (Å²) in [5.74, 6) is 1.66. The van der Waals surface area contributed by atoms with E-state index in [1.54, 1.807) is 19.0 Å². The Bertz CT molecular complexity index is 595. The van der Waals surface area contributed by atoms with Crippen LogP contribution in [0.5, 0.6) is 0 Å². The minimum Gasteiger partial charge on any atom is -0.353 e. The van der Waals surface area contributed by atoms with Crippen LogP contribution >= 0.6 is 24.0 Å². The minimum atomic E-state index is 0. The van der Waals surface area contributed by atoms with Crippen LogP contribution in [0.4, 0.5) is 0 Å². The summed E-state index contributed by atoms with van der Waals surface area (Å²) in [5.41, 5.74) is 1.32. The van der Waals surface area contributed by atoms with Gasteiger partial charge in [-0.3, -0.25) is 9.78 Å². The van der Waals surface area contributed by atoms with Crippen molar-refractivity contribution in [2.24, 2.45) is 10.9 Å². The van der Waals surface area contributed by atoms with Gasteiger partial charge < -0.3 is 15.1 Å². The van der Waals surface area contributed by atoms with Gasteiger partial charge in [0, 0.05) is 45.6 Å². The quantitative estimate of drug-likeness (QED) is 0.406. The van der Waals surface area contributed by atoms with Crippen molar-refractivity contribution in [2.45, 2.75) is 38.1 Å². The van der Waals surface area contributed by atoms with E-state index in [1.807, 2.05) is 18.5 Å². The number of aromatic nitrogens is 1. The molecule has 1 saturated carbocycles. The van der Waals surface area contributed by atoms with Gasteiger partial charge in [-0.2, -0.15) is 0 Å². The van der Waals surface area contributed by atoms with Crippen LogP contribution in [-0.2, 0) is 11.2 Å². The molecule has 1 aromatic heterocycles. The van der Waals surface area contributed by atoms with E-state index in [0.29, 0.717) is 12.0 Å². The molecule has 3 rings (SSSR count). The van der Waals surface area contributed by atoms with Gasteiger partial charge in [-0.15, -0.1) is 24.0 Å². The molecule has 1 aliphatic heterocycles. The Hall–Kier alpha value is -1.38. The molecule has 26 heavy (non-hydrogen) atoms. The molecule has 1 aliphatic carbocycles. The highest BCUT2D eigenvalue weighted by molar-refractivity contribution is 14.0.